The van der Waals surface area contributed by atoms with Gasteiger partial charge in [-0.3, -0.25) is 9.52 Å². The average molecular weight is 215 g/mol. The smallest absolute Gasteiger partial charge is 0.229 e. The molecule has 76 valence electrons. The van der Waals surface area contributed by atoms with Crippen molar-refractivity contribution in [3.63, 3.8) is 0 Å². The fourth-order valence-electron chi connectivity index (χ4n) is 0.939. The standard InChI is InChI=1S/C8H9NO4S/c1-14(12,13)9-7-4-2-3-6(5-10)8(7)11/h2-5,9,11H,1H3. The first-order chi connectivity index (χ1) is 6.44. The lowest BCUT2D eigenvalue weighted by Gasteiger charge is -2.06. The summed E-state index contributed by atoms with van der Waals surface area (Å²) in [6.07, 6.45) is 1.41. The second-order valence-corrected chi connectivity index (χ2v) is 4.48. The zero-order valence-corrected chi connectivity index (χ0v) is 8.21. The van der Waals surface area contributed by atoms with E-state index in [4.69, 9.17) is 0 Å². The number of aromatic hydroxyl groups is 1. The van der Waals surface area contributed by atoms with Gasteiger partial charge < -0.3 is 5.11 Å². The molecule has 0 saturated heterocycles. The van der Waals surface area contributed by atoms with Gasteiger partial charge in [-0.2, -0.15) is 0 Å². The van der Waals surface area contributed by atoms with Crippen LogP contribution in [0, 0.1) is 0 Å². The maximum absolute atomic E-state index is 10.8. The van der Waals surface area contributed by atoms with Crippen LogP contribution < -0.4 is 4.72 Å². The zero-order valence-electron chi connectivity index (χ0n) is 7.39. The van der Waals surface area contributed by atoms with E-state index in [2.05, 4.69) is 4.72 Å². The summed E-state index contributed by atoms with van der Waals surface area (Å²) in [5.74, 6) is -0.368. The van der Waals surface area contributed by atoms with Gasteiger partial charge in [0.1, 0.15) is 5.75 Å². The van der Waals surface area contributed by atoms with Crippen molar-refractivity contribution in [2.24, 2.45) is 0 Å². The molecule has 0 radical (unpaired) electrons. The molecule has 0 aliphatic heterocycles. The number of carbonyl (C=O) groups excluding carboxylic acids is 1. The van der Waals surface area contributed by atoms with Crippen molar-refractivity contribution in [3.05, 3.63) is 23.8 Å². The van der Waals surface area contributed by atoms with E-state index in [1.807, 2.05) is 0 Å². The van der Waals surface area contributed by atoms with Gasteiger partial charge in [-0.25, -0.2) is 8.42 Å². The number of nitrogens with one attached hydrogen (secondary N) is 1. The van der Waals surface area contributed by atoms with Crippen molar-refractivity contribution in [1.82, 2.24) is 0 Å². The van der Waals surface area contributed by atoms with Gasteiger partial charge in [0.2, 0.25) is 10.0 Å². The number of aldehydes is 1. The van der Waals surface area contributed by atoms with Gasteiger partial charge in [0, 0.05) is 0 Å². The average Bonchev–Trinajstić information content (AvgIpc) is 2.06. The molecule has 5 nitrogen and oxygen atoms in total. The molecule has 0 saturated carbocycles. The lowest BCUT2D eigenvalue weighted by atomic mass is 10.2. The van der Waals surface area contributed by atoms with Gasteiger partial charge >= 0.3 is 0 Å². The Morgan fingerprint density at radius 3 is 2.57 bits per heavy atom. The number of hydrogen-bond donors (Lipinski definition) is 2. The Hall–Kier alpha value is -1.56. The van der Waals surface area contributed by atoms with Crippen molar-refractivity contribution in [1.29, 1.82) is 0 Å². The van der Waals surface area contributed by atoms with Crippen LogP contribution in [0.4, 0.5) is 5.69 Å². The molecular weight excluding hydrogens is 206 g/mol. The highest BCUT2D eigenvalue weighted by molar-refractivity contribution is 7.92. The summed E-state index contributed by atoms with van der Waals surface area (Å²) in [5.41, 5.74) is 0.0377. The van der Waals surface area contributed by atoms with Crippen molar-refractivity contribution in [3.8, 4) is 5.75 Å². The maximum Gasteiger partial charge on any atom is 0.229 e. The van der Waals surface area contributed by atoms with Gasteiger partial charge in [0.25, 0.3) is 0 Å². The second kappa shape index (κ2) is 3.67. The van der Waals surface area contributed by atoms with Gasteiger partial charge in [0.15, 0.2) is 6.29 Å². The van der Waals surface area contributed by atoms with E-state index in [0.29, 0.717) is 6.29 Å². The third-order valence-corrected chi connectivity index (χ3v) is 2.08. The molecule has 0 heterocycles. The Morgan fingerprint density at radius 1 is 1.43 bits per heavy atom. The van der Waals surface area contributed by atoms with Crippen LogP contribution in [-0.4, -0.2) is 26.1 Å². The molecule has 6 heteroatoms. The third-order valence-electron chi connectivity index (χ3n) is 1.49. The first-order valence-corrected chi connectivity index (χ1v) is 5.58. The Morgan fingerprint density at radius 2 is 2.07 bits per heavy atom. The first-order valence-electron chi connectivity index (χ1n) is 3.69. The van der Waals surface area contributed by atoms with E-state index in [-0.39, 0.29) is 17.0 Å². The van der Waals surface area contributed by atoms with Crippen molar-refractivity contribution in [2.75, 3.05) is 11.0 Å². The molecule has 0 aromatic heterocycles. The number of sulfonamides is 1. The zero-order chi connectivity index (χ0) is 10.8. The molecule has 0 atom stereocenters. The molecule has 0 amide bonds. The van der Waals surface area contributed by atoms with Crippen LogP contribution in [0.1, 0.15) is 10.4 Å². The molecule has 2 N–H and O–H groups in total. The number of anilines is 1. The largest absolute Gasteiger partial charge is 0.505 e. The van der Waals surface area contributed by atoms with Crippen LogP contribution in [0.2, 0.25) is 0 Å². The molecule has 0 bridgehead atoms. The Kier molecular flexibility index (Phi) is 2.76. The molecule has 0 spiro atoms. The van der Waals surface area contributed by atoms with Crippen LogP contribution in [0.15, 0.2) is 18.2 Å². The van der Waals surface area contributed by atoms with E-state index in [1.54, 1.807) is 0 Å². The van der Waals surface area contributed by atoms with E-state index in [9.17, 15) is 18.3 Å². The normalized spacial score (nSPS) is 10.9. The molecular formula is C8H9NO4S. The lowest BCUT2D eigenvalue weighted by molar-refractivity contribution is 0.112. The van der Waals surface area contributed by atoms with Gasteiger partial charge in [0.05, 0.1) is 17.5 Å². The predicted octanol–water partition coefficient (Wildman–Crippen LogP) is 0.576. The van der Waals surface area contributed by atoms with E-state index < -0.39 is 10.0 Å². The number of carbonyl (C=O) groups is 1. The summed E-state index contributed by atoms with van der Waals surface area (Å²) in [7, 11) is -3.45. The summed E-state index contributed by atoms with van der Waals surface area (Å²) >= 11 is 0. The minimum Gasteiger partial charge on any atom is -0.505 e. The fourth-order valence-corrected chi connectivity index (χ4v) is 1.50. The minimum atomic E-state index is -3.45. The molecule has 0 fully saturated rings. The molecule has 0 unspecified atom stereocenters. The Labute approximate surface area is 81.4 Å². The second-order valence-electron chi connectivity index (χ2n) is 2.74. The van der Waals surface area contributed by atoms with Crippen molar-refractivity contribution < 1.29 is 18.3 Å². The monoisotopic (exact) mass is 215 g/mol. The van der Waals surface area contributed by atoms with Gasteiger partial charge in [-0.15, -0.1) is 0 Å². The third kappa shape index (κ3) is 2.46. The van der Waals surface area contributed by atoms with Crippen molar-refractivity contribution in [2.45, 2.75) is 0 Å². The highest BCUT2D eigenvalue weighted by Gasteiger charge is 2.09. The van der Waals surface area contributed by atoms with E-state index in [0.717, 1.165) is 6.26 Å². The molecule has 0 aliphatic rings. The van der Waals surface area contributed by atoms with Crippen LogP contribution in [0.25, 0.3) is 0 Å². The van der Waals surface area contributed by atoms with E-state index >= 15 is 0 Å². The van der Waals surface area contributed by atoms with Crippen molar-refractivity contribution >= 4 is 22.0 Å². The summed E-state index contributed by atoms with van der Waals surface area (Å²) < 4.78 is 23.8. The highest BCUT2D eigenvalue weighted by Crippen LogP contribution is 2.26. The quantitative estimate of drug-likeness (QED) is 0.570. The number of para-hydroxylation sites is 1. The van der Waals surface area contributed by atoms with Crippen LogP contribution in [-0.2, 0) is 10.0 Å². The lowest BCUT2D eigenvalue weighted by Crippen LogP contribution is -2.09. The molecule has 1 aromatic rings. The van der Waals surface area contributed by atoms with Gasteiger partial charge in [-0.1, -0.05) is 6.07 Å². The van der Waals surface area contributed by atoms with Crippen LogP contribution in [0.5, 0.6) is 5.75 Å². The van der Waals surface area contributed by atoms with Gasteiger partial charge in [-0.05, 0) is 12.1 Å². The summed E-state index contributed by atoms with van der Waals surface area (Å²) in [6, 6.07) is 4.22. The molecule has 1 rings (SSSR count). The maximum atomic E-state index is 10.8. The molecule has 0 aliphatic carbocycles. The number of rotatable bonds is 3. The minimum absolute atomic E-state index is 0.00269. The first kappa shape index (κ1) is 10.5. The molecule has 14 heavy (non-hydrogen) atoms. The summed E-state index contributed by atoms with van der Waals surface area (Å²) in [4.78, 5) is 10.4. The topological polar surface area (TPSA) is 83.5 Å². The van der Waals surface area contributed by atoms with E-state index in [1.165, 1.54) is 18.2 Å². The summed E-state index contributed by atoms with van der Waals surface area (Å²) in [5, 5.41) is 9.39. The highest BCUT2D eigenvalue weighted by atomic mass is 32.2. The molecule has 1 aromatic carbocycles. The van der Waals surface area contributed by atoms with Crippen LogP contribution >= 0.6 is 0 Å². The Balaban J connectivity index is 3.17. The fraction of sp³-hybridized carbons (Fsp3) is 0.125. The predicted molar refractivity (Wildman–Crippen MR) is 52.0 cm³/mol. The number of benzene rings is 1. The SMILES string of the molecule is CS(=O)(=O)Nc1cccc(C=O)c1O. The Bertz CT molecular complexity index is 452. The number of phenolic OH excluding ortho intramolecular Hbond substituents is 1. The number of hydrogen-bond acceptors (Lipinski definition) is 4. The number of phenols is 1. The summed E-state index contributed by atoms with van der Waals surface area (Å²) in [6.45, 7) is 0. The van der Waals surface area contributed by atoms with Crippen LogP contribution in [0.3, 0.4) is 0 Å².